The van der Waals surface area contributed by atoms with Gasteiger partial charge in [0.15, 0.2) is 5.75 Å². The van der Waals surface area contributed by atoms with Crippen molar-refractivity contribution in [3.8, 4) is 5.75 Å². The lowest BCUT2D eigenvalue weighted by molar-refractivity contribution is 0.102. The Balaban J connectivity index is 2.16. The number of rotatable bonds is 4. The van der Waals surface area contributed by atoms with Crippen LogP contribution in [0.5, 0.6) is 5.75 Å². The molecule has 0 unspecified atom stereocenters. The SMILES string of the molecule is Cc1ccc(NC(=O)c2cncc(OS(=O)(=O)F)c2)cc1. The topological polar surface area (TPSA) is 85.4 Å². The zero-order valence-corrected chi connectivity index (χ0v) is 11.7. The molecule has 110 valence electrons. The van der Waals surface area contributed by atoms with E-state index in [1.807, 2.05) is 19.1 Å². The average molecular weight is 310 g/mol. The number of nitrogens with zero attached hydrogens (tertiary/aromatic N) is 1. The summed E-state index contributed by atoms with van der Waals surface area (Å²) in [6, 6.07) is 8.15. The molecule has 0 bridgehead atoms. The summed E-state index contributed by atoms with van der Waals surface area (Å²) >= 11 is 0. The third-order valence-electron chi connectivity index (χ3n) is 2.48. The van der Waals surface area contributed by atoms with E-state index < -0.39 is 16.4 Å². The number of hydrogen-bond acceptors (Lipinski definition) is 5. The zero-order chi connectivity index (χ0) is 15.5. The molecule has 1 aromatic carbocycles. The smallest absolute Gasteiger partial charge is 0.357 e. The fraction of sp³-hybridized carbons (Fsp3) is 0.0769. The molecule has 0 atom stereocenters. The van der Waals surface area contributed by atoms with E-state index in [1.165, 1.54) is 6.20 Å². The Morgan fingerprint density at radius 1 is 1.24 bits per heavy atom. The van der Waals surface area contributed by atoms with E-state index in [-0.39, 0.29) is 11.3 Å². The third kappa shape index (κ3) is 4.53. The summed E-state index contributed by atoms with van der Waals surface area (Å²) in [5.41, 5.74) is 1.64. The van der Waals surface area contributed by atoms with E-state index in [2.05, 4.69) is 14.5 Å². The van der Waals surface area contributed by atoms with Gasteiger partial charge in [0.2, 0.25) is 0 Å². The van der Waals surface area contributed by atoms with Crippen LogP contribution < -0.4 is 9.50 Å². The summed E-state index contributed by atoms with van der Waals surface area (Å²) in [6.45, 7) is 1.91. The quantitative estimate of drug-likeness (QED) is 0.875. The van der Waals surface area contributed by atoms with Crippen LogP contribution in [0.1, 0.15) is 15.9 Å². The fourth-order valence-electron chi connectivity index (χ4n) is 1.54. The minimum absolute atomic E-state index is 0.0386. The van der Waals surface area contributed by atoms with Crippen molar-refractivity contribution in [3.05, 3.63) is 53.9 Å². The standard InChI is InChI=1S/C13H11FN2O4S/c1-9-2-4-11(5-3-9)16-13(17)10-6-12(8-15-7-10)20-21(14,18)19/h2-8H,1H3,(H,16,17). The van der Waals surface area contributed by atoms with Crippen molar-refractivity contribution < 1.29 is 21.3 Å². The summed E-state index contributed by atoms with van der Waals surface area (Å²) < 4.78 is 37.2. The molecule has 0 spiro atoms. The highest BCUT2D eigenvalue weighted by Gasteiger charge is 2.13. The summed E-state index contributed by atoms with van der Waals surface area (Å²) in [5.74, 6) is -0.901. The van der Waals surface area contributed by atoms with Crippen molar-refractivity contribution in [2.24, 2.45) is 0 Å². The maximum Gasteiger partial charge on any atom is 0.488 e. The predicted octanol–water partition coefficient (Wildman–Crippen LogP) is 2.24. The van der Waals surface area contributed by atoms with Gasteiger partial charge < -0.3 is 9.50 Å². The van der Waals surface area contributed by atoms with Crippen LogP contribution in [0.2, 0.25) is 0 Å². The Morgan fingerprint density at radius 2 is 1.90 bits per heavy atom. The first-order chi connectivity index (χ1) is 9.83. The lowest BCUT2D eigenvalue weighted by Gasteiger charge is -2.06. The number of benzene rings is 1. The van der Waals surface area contributed by atoms with Crippen LogP contribution in [-0.4, -0.2) is 19.3 Å². The largest absolute Gasteiger partial charge is 0.488 e. The van der Waals surface area contributed by atoms with Gasteiger partial charge in [-0.25, -0.2) is 0 Å². The average Bonchev–Trinajstić information content (AvgIpc) is 2.40. The molecule has 0 fully saturated rings. The number of carbonyl (C=O) groups excluding carboxylic acids is 1. The maximum atomic E-state index is 12.4. The summed E-state index contributed by atoms with van der Waals surface area (Å²) in [5, 5.41) is 2.60. The minimum atomic E-state index is -5.15. The highest BCUT2D eigenvalue weighted by Crippen LogP contribution is 2.16. The molecule has 0 radical (unpaired) electrons. The molecule has 8 heteroatoms. The lowest BCUT2D eigenvalue weighted by atomic mass is 10.2. The van der Waals surface area contributed by atoms with Crippen LogP contribution in [0.15, 0.2) is 42.7 Å². The van der Waals surface area contributed by atoms with Crippen LogP contribution >= 0.6 is 0 Å². The first-order valence-electron chi connectivity index (χ1n) is 5.81. The Hall–Kier alpha value is -2.48. The molecule has 2 rings (SSSR count). The van der Waals surface area contributed by atoms with E-state index in [4.69, 9.17) is 0 Å². The molecule has 21 heavy (non-hydrogen) atoms. The summed E-state index contributed by atoms with van der Waals surface area (Å²) in [7, 11) is -5.15. The molecular formula is C13H11FN2O4S. The molecule has 6 nitrogen and oxygen atoms in total. The van der Waals surface area contributed by atoms with Gasteiger partial charge in [0.25, 0.3) is 5.91 Å². The van der Waals surface area contributed by atoms with Crippen LogP contribution in [0.4, 0.5) is 9.57 Å². The first kappa shape index (κ1) is 14.9. The number of aromatic nitrogens is 1. The van der Waals surface area contributed by atoms with Gasteiger partial charge in [-0.05, 0) is 25.1 Å². The van der Waals surface area contributed by atoms with Gasteiger partial charge in [0.1, 0.15) is 0 Å². The van der Waals surface area contributed by atoms with Crippen LogP contribution in [0.3, 0.4) is 0 Å². The van der Waals surface area contributed by atoms with Crippen molar-refractivity contribution in [1.29, 1.82) is 0 Å². The molecule has 0 aliphatic rings. The van der Waals surface area contributed by atoms with Gasteiger partial charge in [0, 0.05) is 11.9 Å². The van der Waals surface area contributed by atoms with Crippen LogP contribution in [-0.2, 0) is 10.5 Å². The molecule has 0 saturated carbocycles. The lowest BCUT2D eigenvalue weighted by Crippen LogP contribution is -2.12. The molecule has 0 aliphatic heterocycles. The van der Waals surface area contributed by atoms with Gasteiger partial charge in [0.05, 0.1) is 11.8 Å². The molecule has 1 amide bonds. The molecule has 1 aromatic heterocycles. The fourth-order valence-corrected chi connectivity index (χ4v) is 1.86. The molecule has 1 heterocycles. The highest BCUT2D eigenvalue weighted by atomic mass is 32.3. The number of anilines is 1. The summed E-state index contributed by atoms with van der Waals surface area (Å²) in [4.78, 5) is 15.6. The van der Waals surface area contributed by atoms with Gasteiger partial charge in [-0.2, -0.15) is 8.42 Å². The number of hydrogen-bond donors (Lipinski definition) is 1. The zero-order valence-electron chi connectivity index (χ0n) is 10.9. The van der Waals surface area contributed by atoms with Gasteiger partial charge in [-0.1, -0.05) is 21.6 Å². The Labute approximate surface area is 121 Å². The van der Waals surface area contributed by atoms with E-state index in [0.29, 0.717) is 5.69 Å². The summed E-state index contributed by atoms with van der Waals surface area (Å²) in [6.07, 6.45) is 2.20. The Bertz CT molecular complexity index is 760. The second-order valence-electron chi connectivity index (χ2n) is 4.21. The van der Waals surface area contributed by atoms with E-state index >= 15 is 0 Å². The van der Waals surface area contributed by atoms with Crippen LogP contribution in [0.25, 0.3) is 0 Å². The monoisotopic (exact) mass is 310 g/mol. The second-order valence-corrected chi connectivity index (χ2v) is 5.16. The van der Waals surface area contributed by atoms with E-state index in [1.54, 1.807) is 12.1 Å². The van der Waals surface area contributed by atoms with Gasteiger partial charge >= 0.3 is 10.5 Å². The molecule has 2 aromatic rings. The normalized spacial score (nSPS) is 11.0. The van der Waals surface area contributed by atoms with Crippen molar-refractivity contribution in [1.82, 2.24) is 4.98 Å². The Kier molecular flexibility index (Phi) is 4.18. The van der Waals surface area contributed by atoms with Crippen LogP contribution in [0, 0.1) is 6.92 Å². The number of pyridine rings is 1. The molecule has 0 aliphatic carbocycles. The maximum absolute atomic E-state index is 12.4. The van der Waals surface area contributed by atoms with Crippen molar-refractivity contribution in [2.75, 3.05) is 5.32 Å². The molecule has 0 saturated heterocycles. The number of halogens is 1. The van der Waals surface area contributed by atoms with E-state index in [0.717, 1.165) is 17.8 Å². The highest BCUT2D eigenvalue weighted by molar-refractivity contribution is 7.81. The minimum Gasteiger partial charge on any atom is -0.357 e. The second kappa shape index (κ2) is 5.88. The molecular weight excluding hydrogens is 299 g/mol. The van der Waals surface area contributed by atoms with Crippen molar-refractivity contribution in [3.63, 3.8) is 0 Å². The van der Waals surface area contributed by atoms with Gasteiger partial charge in [-0.3, -0.25) is 9.78 Å². The first-order valence-corrected chi connectivity index (χ1v) is 7.11. The molecule has 1 N–H and O–H groups in total. The number of nitrogens with one attached hydrogen (secondary N) is 1. The van der Waals surface area contributed by atoms with Gasteiger partial charge in [-0.15, -0.1) is 0 Å². The number of amides is 1. The third-order valence-corrected chi connectivity index (χ3v) is 2.87. The number of carbonyl (C=O) groups is 1. The number of aryl methyl sites for hydroxylation is 1. The Morgan fingerprint density at radius 3 is 2.52 bits per heavy atom. The van der Waals surface area contributed by atoms with E-state index in [9.17, 15) is 17.1 Å². The van der Waals surface area contributed by atoms with Crippen molar-refractivity contribution >= 4 is 22.1 Å². The van der Waals surface area contributed by atoms with Crippen molar-refractivity contribution in [2.45, 2.75) is 6.92 Å². The predicted molar refractivity (Wildman–Crippen MR) is 74.0 cm³/mol.